The van der Waals surface area contributed by atoms with Gasteiger partial charge in [-0.1, -0.05) is 6.07 Å². The fourth-order valence-corrected chi connectivity index (χ4v) is 2.20. The number of amides is 1. The molecule has 0 unspecified atom stereocenters. The number of benzene rings is 1. The Morgan fingerprint density at radius 1 is 1.33 bits per heavy atom. The zero-order valence-electron chi connectivity index (χ0n) is 10.8. The van der Waals surface area contributed by atoms with Gasteiger partial charge in [0.05, 0.1) is 0 Å². The van der Waals surface area contributed by atoms with Gasteiger partial charge in [-0.2, -0.15) is 13.2 Å². The molecule has 0 radical (unpaired) electrons. The Hall–Kier alpha value is -1.87. The highest BCUT2D eigenvalue weighted by Crippen LogP contribution is 2.22. The number of alkyl halides is 3. The van der Waals surface area contributed by atoms with Gasteiger partial charge in [0.1, 0.15) is 0 Å². The molecule has 1 aromatic carbocycles. The van der Waals surface area contributed by atoms with Crippen LogP contribution in [0.15, 0.2) is 18.2 Å². The lowest BCUT2D eigenvalue weighted by molar-refractivity contribution is -0.179. The molecule has 0 bridgehead atoms. The second-order valence-corrected chi connectivity index (χ2v) is 5.02. The first-order chi connectivity index (χ1) is 9.75. The van der Waals surface area contributed by atoms with Crippen molar-refractivity contribution in [3.8, 4) is 0 Å². The van der Waals surface area contributed by atoms with Crippen LogP contribution in [-0.2, 0) is 17.8 Å². The van der Waals surface area contributed by atoms with E-state index in [9.17, 15) is 18.0 Å². The standard InChI is InChI=1S/C12H13F3N4OS/c13-12(14,15)10(20)18-19-4-3-7-1-2-9(17-11(16)21)5-8(7)6-19/h1-2,5H,3-4,6H2,(H,18,20)(H3,16,17,21). The topological polar surface area (TPSA) is 70.4 Å². The lowest BCUT2D eigenvalue weighted by Crippen LogP contribution is -2.49. The van der Waals surface area contributed by atoms with Gasteiger partial charge in [0.25, 0.3) is 0 Å². The van der Waals surface area contributed by atoms with Crippen LogP contribution < -0.4 is 16.5 Å². The summed E-state index contributed by atoms with van der Waals surface area (Å²) in [5.74, 6) is -1.97. The first-order valence-corrected chi connectivity index (χ1v) is 6.47. The summed E-state index contributed by atoms with van der Waals surface area (Å²) in [5, 5.41) is 4.10. The Morgan fingerprint density at radius 2 is 2.05 bits per heavy atom. The monoisotopic (exact) mass is 318 g/mol. The Morgan fingerprint density at radius 3 is 2.67 bits per heavy atom. The molecule has 9 heteroatoms. The molecule has 0 atom stereocenters. The normalized spacial score (nSPS) is 15.2. The van der Waals surface area contributed by atoms with E-state index in [4.69, 9.17) is 18.0 Å². The summed E-state index contributed by atoms with van der Waals surface area (Å²) < 4.78 is 36.7. The summed E-state index contributed by atoms with van der Waals surface area (Å²) >= 11 is 4.73. The van der Waals surface area contributed by atoms with Gasteiger partial charge in [-0.25, -0.2) is 5.01 Å². The highest BCUT2D eigenvalue weighted by Gasteiger charge is 2.40. The van der Waals surface area contributed by atoms with Crippen LogP contribution in [0, 0.1) is 0 Å². The van der Waals surface area contributed by atoms with Crippen molar-refractivity contribution >= 4 is 28.9 Å². The fourth-order valence-electron chi connectivity index (χ4n) is 2.08. The molecule has 4 N–H and O–H groups in total. The quantitative estimate of drug-likeness (QED) is 0.717. The minimum Gasteiger partial charge on any atom is -0.376 e. The summed E-state index contributed by atoms with van der Waals surface area (Å²) in [4.78, 5) is 10.9. The number of halogens is 3. The highest BCUT2D eigenvalue weighted by atomic mass is 32.1. The highest BCUT2D eigenvalue weighted by molar-refractivity contribution is 7.80. The van der Waals surface area contributed by atoms with Crippen molar-refractivity contribution in [3.05, 3.63) is 29.3 Å². The number of hydrazine groups is 1. The lowest BCUT2D eigenvalue weighted by atomic mass is 10.00. The van der Waals surface area contributed by atoms with E-state index in [1.54, 1.807) is 12.1 Å². The minimum absolute atomic E-state index is 0.105. The van der Waals surface area contributed by atoms with Gasteiger partial charge in [0, 0.05) is 18.8 Å². The molecule has 114 valence electrons. The molecule has 2 rings (SSSR count). The molecule has 1 aliphatic heterocycles. The molecule has 0 aromatic heterocycles. The summed E-state index contributed by atoms with van der Waals surface area (Å²) in [6, 6.07) is 5.40. The summed E-state index contributed by atoms with van der Waals surface area (Å²) in [6.45, 7) is 0.501. The number of carbonyl (C=O) groups excluding carboxylic acids is 1. The molecule has 0 aliphatic carbocycles. The van der Waals surface area contributed by atoms with Crippen molar-refractivity contribution < 1.29 is 18.0 Å². The van der Waals surface area contributed by atoms with Gasteiger partial charge in [-0.05, 0) is 41.9 Å². The zero-order chi connectivity index (χ0) is 15.6. The number of fused-ring (bicyclic) bond motifs is 1. The Labute approximate surface area is 124 Å². The van der Waals surface area contributed by atoms with Crippen LogP contribution in [-0.4, -0.2) is 28.7 Å². The van der Waals surface area contributed by atoms with E-state index in [0.29, 0.717) is 18.7 Å². The number of thiocarbonyl (C=S) groups is 1. The minimum atomic E-state index is -4.89. The molecule has 1 aromatic rings. The molecular formula is C12H13F3N4OS. The van der Waals surface area contributed by atoms with Crippen LogP contribution in [0.2, 0.25) is 0 Å². The number of nitrogens with one attached hydrogen (secondary N) is 2. The largest absolute Gasteiger partial charge is 0.472 e. The van der Waals surface area contributed by atoms with E-state index < -0.39 is 12.1 Å². The van der Waals surface area contributed by atoms with E-state index in [1.807, 2.05) is 11.5 Å². The van der Waals surface area contributed by atoms with Crippen LogP contribution in [0.3, 0.4) is 0 Å². The molecule has 0 saturated carbocycles. The number of carbonyl (C=O) groups is 1. The van der Waals surface area contributed by atoms with Gasteiger partial charge >= 0.3 is 12.1 Å². The van der Waals surface area contributed by atoms with Gasteiger partial charge in [-0.3, -0.25) is 10.2 Å². The fraction of sp³-hybridized carbons (Fsp3) is 0.333. The summed E-state index contributed by atoms with van der Waals surface area (Å²) in [6.07, 6.45) is -4.35. The number of nitrogens with two attached hydrogens (primary N) is 1. The van der Waals surface area contributed by atoms with Crippen molar-refractivity contribution in [2.24, 2.45) is 5.73 Å². The second-order valence-electron chi connectivity index (χ2n) is 4.58. The number of nitrogens with zero attached hydrogens (tertiary/aromatic N) is 1. The van der Waals surface area contributed by atoms with Crippen LogP contribution >= 0.6 is 12.2 Å². The van der Waals surface area contributed by atoms with Crippen molar-refractivity contribution in [2.75, 3.05) is 11.9 Å². The second kappa shape index (κ2) is 5.86. The van der Waals surface area contributed by atoms with E-state index in [2.05, 4.69) is 5.32 Å². The molecule has 0 fully saturated rings. The maximum Gasteiger partial charge on any atom is 0.472 e. The molecule has 0 saturated heterocycles. The third-order valence-corrected chi connectivity index (χ3v) is 3.11. The summed E-state index contributed by atoms with van der Waals surface area (Å²) in [5.41, 5.74) is 9.71. The lowest BCUT2D eigenvalue weighted by Gasteiger charge is -2.29. The van der Waals surface area contributed by atoms with Crippen LogP contribution in [0.25, 0.3) is 0 Å². The van der Waals surface area contributed by atoms with Crippen molar-refractivity contribution in [2.45, 2.75) is 19.1 Å². The van der Waals surface area contributed by atoms with Crippen LogP contribution in [0.5, 0.6) is 0 Å². The third kappa shape index (κ3) is 4.05. The van der Waals surface area contributed by atoms with Crippen molar-refractivity contribution in [1.29, 1.82) is 0 Å². The molecule has 1 amide bonds. The smallest absolute Gasteiger partial charge is 0.376 e. The number of hydrogen-bond acceptors (Lipinski definition) is 3. The predicted molar refractivity (Wildman–Crippen MR) is 75.2 cm³/mol. The van der Waals surface area contributed by atoms with Crippen LogP contribution in [0.1, 0.15) is 11.1 Å². The first-order valence-electron chi connectivity index (χ1n) is 6.07. The van der Waals surface area contributed by atoms with E-state index in [-0.39, 0.29) is 11.7 Å². The van der Waals surface area contributed by atoms with E-state index >= 15 is 0 Å². The predicted octanol–water partition coefficient (Wildman–Crippen LogP) is 1.29. The molecule has 5 nitrogen and oxygen atoms in total. The molecule has 1 heterocycles. The maximum atomic E-state index is 12.2. The van der Waals surface area contributed by atoms with Crippen molar-refractivity contribution in [3.63, 3.8) is 0 Å². The third-order valence-electron chi connectivity index (χ3n) is 3.00. The van der Waals surface area contributed by atoms with Gasteiger partial charge in [-0.15, -0.1) is 0 Å². The zero-order valence-corrected chi connectivity index (χ0v) is 11.6. The SMILES string of the molecule is NC(=S)Nc1ccc2c(c1)CN(NC(=O)C(F)(F)F)CC2. The van der Waals surface area contributed by atoms with Gasteiger partial charge in [0.2, 0.25) is 0 Å². The Balaban J connectivity index is 2.08. The average molecular weight is 318 g/mol. The van der Waals surface area contributed by atoms with E-state index in [0.717, 1.165) is 11.1 Å². The van der Waals surface area contributed by atoms with E-state index in [1.165, 1.54) is 5.01 Å². The number of rotatable bonds is 2. The molecular weight excluding hydrogens is 305 g/mol. The van der Waals surface area contributed by atoms with Crippen LogP contribution in [0.4, 0.5) is 18.9 Å². The van der Waals surface area contributed by atoms with Crippen molar-refractivity contribution in [1.82, 2.24) is 10.4 Å². The molecule has 1 aliphatic rings. The molecule has 0 spiro atoms. The van der Waals surface area contributed by atoms with Gasteiger partial charge in [0.15, 0.2) is 5.11 Å². The Bertz CT molecular complexity index is 576. The van der Waals surface area contributed by atoms with Gasteiger partial charge < -0.3 is 11.1 Å². The maximum absolute atomic E-state index is 12.2. The molecule has 21 heavy (non-hydrogen) atoms. The average Bonchev–Trinajstić information content (AvgIpc) is 2.36. The number of anilines is 1. The first kappa shape index (κ1) is 15.5. The number of hydrogen-bond donors (Lipinski definition) is 3. The Kier molecular flexibility index (Phi) is 4.33. The summed E-state index contributed by atoms with van der Waals surface area (Å²) in [7, 11) is 0.